The molecule has 3 aromatic carbocycles. The number of benzene rings is 3. The quantitative estimate of drug-likeness (QED) is 0.372. The molecule has 4 rings (SSSR count). The number of nitro groups is 1. The number of hydrogen-bond donors (Lipinski definition) is 1. The van der Waals surface area contributed by atoms with Crippen molar-refractivity contribution in [1.82, 2.24) is 4.98 Å². The summed E-state index contributed by atoms with van der Waals surface area (Å²) in [6.07, 6.45) is 0. The Balaban J connectivity index is 1.60. The van der Waals surface area contributed by atoms with E-state index in [0.717, 1.165) is 11.1 Å². The highest BCUT2D eigenvalue weighted by atomic mass is 16.6. The lowest BCUT2D eigenvalue weighted by molar-refractivity contribution is -0.385. The molecule has 8 nitrogen and oxygen atoms in total. The molecule has 0 aliphatic heterocycles. The number of methoxy groups -OCH3 is 1. The number of hydrogen-bond acceptors (Lipinski definition) is 6. The maximum atomic E-state index is 12.6. The molecule has 30 heavy (non-hydrogen) atoms. The normalized spacial score (nSPS) is 10.7. The average Bonchev–Trinajstić information content (AvgIpc) is 3.16. The first kappa shape index (κ1) is 19.1. The lowest BCUT2D eigenvalue weighted by atomic mass is 10.1. The number of aryl methyl sites for hydroxylation is 1. The van der Waals surface area contributed by atoms with Gasteiger partial charge in [0.1, 0.15) is 5.52 Å². The predicted octanol–water partition coefficient (Wildman–Crippen LogP) is 4.97. The Hall–Kier alpha value is -4.20. The molecule has 0 aliphatic rings. The van der Waals surface area contributed by atoms with Crippen molar-refractivity contribution >= 4 is 28.4 Å². The highest BCUT2D eigenvalue weighted by Crippen LogP contribution is 2.29. The topological polar surface area (TPSA) is 108 Å². The van der Waals surface area contributed by atoms with Crippen molar-refractivity contribution in [3.8, 4) is 17.2 Å². The summed E-state index contributed by atoms with van der Waals surface area (Å²) < 4.78 is 10.8. The maximum absolute atomic E-state index is 12.6. The van der Waals surface area contributed by atoms with Gasteiger partial charge in [-0.05, 0) is 55.0 Å². The third-order valence-electron chi connectivity index (χ3n) is 4.55. The molecule has 0 saturated carbocycles. The summed E-state index contributed by atoms with van der Waals surface area (Å²) in [7, 11) is 1.33. The SMILES string of the molecule is COc1ccc(C(=O)Nc2cccc(-c3nc4ccc(C)cc4o3)c2)cc1[N+](=O)[O-]. The Kier molecular flexibility index (Phi) is 4.89. The van der Waals surface area contributed by atoms with Gasteiger partial charge in [0.25, 0.3) is 5.91 Å². The molecule has 0 unspecified atom stereocenters. The Labute approximate surface area is 171 Å². The number of fused-ring (bicyclic) bond motifs is 1. The van der Waals surface area contributed by atoms with Crippen LogP contribution >= 0.6 is 0 Å². The van der Waals surface area contributed by atoms with Gasteiger partial charge in [-0.25, -0.2) is 4.98 Å². The number of rotatable bonds is 5. The smallest absolute Gasteiger partial charge is 0.311 e. The van der Waals surface area contributed by atoms with Crippen LogP contribution in [0.5, 0.6) is 5.75 Å². The summed E-state index contributed by atoms with van der Waals surface area (Å²) >= 11 is 0. The largest absolute Gasteiger partial charge is 0.490 e. The molecular weight excluding hydrogens is 386 g/mol. The third kappa shape index (κ3) is 3.70. The fourth-order valence-electron chi connectivity index (χ4n) is 3.06. The van der Waals surface area contributed by atoms with E-state index in [0.29, 0.717) is 22.7 Å². The number of oxazole rings is 1. The zero-order valence-electron chi connectivity index (χ0n) is 16.2. The number of amides is 1. The van der Waals surface area contributed by atoms with E-state index >= 15 is 0 Å². The molecule has 0 atom stereocenters. The van der Waals surface area contributed by atoms with Gasteiger partial charge in [-0.3, -0.25) is 14.9 Å². The van der Waals surface area contributed by atoms with Gasteiger partial charge in [0.05, 0.1) is 12.0 Å². The van der Waals surface area contributed by atoms with Gasteiger partial charge >= 0.3 is 5.69 Å². The molecule has 1 aromatic heterocycles. The molecule has 0 radical (unpaired) electrons. The van der Waals surface area contributed by atoms with Crippen molar-refractivity contribution in [1.29, 1.82) is 0 Å². The van der Waals surface area contributed by atoms with Gasteiger partial charge < -0.3 is 14.5 Å². The zero-order valence-corrected chi connectivity index (χ0v) is 16.2. The van der Waals surface area contributed by atoms with Gasteiger partial charge in [-0.15, -0.1) is 0 Å². The summed E-state index contributed by atoms with van der Waals surface area (Å²) in [6.45, 7) is 1.97. The van der Waals surface area contributed by atoms with Crippen molar-refractivity contribution in [3.63, 3.8) is 0 Å². The van der Waals surface area contributed by atoms with E-state index < -0.39 is 10.8 Å². The van der Waals surface area contributed by atoms with Crippen molar-refractivity contribution in [3.05, 3.63) is 81.9 Å². The Morgan fingerprint density at radius 1 is 1.13 bits per heavy atom. The zero-order chi connectivity index (χ0) is 21.3. The fraction of sp³-hybridized carbons (Fsp3) is 0.0909. The predicted molar refractivity (Wildman–Crippen MR) is 112 cm³/mol. The summed E-state index contributed by atoms with van der Waals surface area (Å²) in [6, 6.07) is 16.8. The minimum Gasteiger partial charge on any atom is -0.490 e. The minimum absolute atomic E-state index is 0.0877. The van der Waals surface area contributed by atoms with Crippen LogP contribution in [0.2, 0.25) is 0 Å². The van der Waals surface area contributed by atoms with Gasteiger partial charge in [0, 0.05) is 22.9 Å². The van der Waals surface area contributed by atoms with E-state index in [1.54, 1.807) is 18.2 Å². The summed E-state index contributed by atoms with van der Waals surface area (Å²) in [5, 5.41) is 13.9. The van der Waals surface area contributed by atoms with Crippen LogP contribution in [0.15, 0.2) is 65.1 Å². The van der Waals surface area contributed by atoms with Crippen LogP contribution in [-0.4, -0.2) is 22.9 Å². The molecule has 1 N–H and O–H groups in total. The van der Waals surface area contributed by atoms with Crippen LogP contribution in [0, 0.1) is 17.0 Å². The number of anilines is 1. The Bertz CT molecular complexity index is 1280. The highest BCUT2D eigenvalue weighted by Gasteiger charge is 2.18. The molecule has 150 valence electrons. The lowest BCUT2D eigenvalue weighted by Crippen LogP contribution is -2.12. The third-order valence-corrected chi connectivity index (χ3v) is 4.55. The van der Waals surface area contributed by atoms with Crippen molar-refractivity contribution in [2.24, 2.45) is 0 Å². The fourth-order valence-corrected chi connectivity index (χ4v) is 3.06. The van der Waals surface area contributed by atoms with Crippen LogP contribution in [0.1, 0.15) is 15.9 Å². The molecule has 0 spiro atoms. The Morgan fingerprint density at radius 3 is 2.73 bits per heavy atom. The standard InChI is InChI=1S/C22H17N3O5/c1-13-6-8-17-20(10-13)30-22(24-17)15-4-3-5-16(11-15)23-21(26)14-7-9-19(29-2)18(12-14)25(27)28/h3-12H,1-2H3,(H,23,26). The summed E-state index contributed by atoms with van der Waals surface area (Å²) in [5.74, 6) is 0.0441. The summed E-state index contributed by atoms with van der Waals surface area (Å²) in [4.78, 5) is 27.7. The minimum atomic E-state index is -0.592. The monoisotopic (exact) mass is 403 g/mol. The van der Waals surface area contributed by atoms with Gasteiger partial charge in [-0.1, -0.05) is 12.1 Å². The van der Waals surface area contributed by atoms with Gasteiger partial charge in [0.15, 0.2) is 11.3 Å². The molecule has 1 heterocycles. The second kappa shape index (κ2) is 7.67. The van der Waals surface area contributed by atoms with Crippen LogP contribution in [0.25, 0.3) is 22.6 Å². The van der Waals surface area contributed by atoms with Crippen LogP contribution in [0.4, 0.5) is 11.4 Å². The molecular formula is C22H17N3O5. The number of nitrogens with one attached hydrogen (secondary N) is 1. The molecule has 8 heteroatoms. The van der Waals surface area contributed by atoms with E-state index in [-0.39, 0.29) is 17.0 Å². The molecule has 0 saturated heterocycles. The first-order chi connectivity index (χ1) is 14.4. The van der Waals surface area contributed by atoms with Crippen LogP contribution in [0.3, 0.4) is 0 Å². The molecule has 4 aromatic rings. The van der Waals surface area contributed by atoms with Gasteiger partial charge in [0.2, 0.25) is 5.89 Å². The summed E-state index contributed by atoms with van der Waals surface area (Å²) in [5.41, 5.74) is 3.57. The van der Waals surface area contributed by atoms with E-state index in [1.807, 2.05) is 31.2 Å². The van der Waals surface area contributed by atoms with Gasteiger partial charge in [-0.2, -0.15) is 0 Å². The van der Waals surface area contributed by atoms with E-state index in [1.165, 1.54) is 25.3 Å². The van der Waals surface area contributed by atoms with Crippen LogP contribution < -0.4 is 10.1 Å². The van der Waals surface area contributed by atoms with E-state index in [9.17, 15) is 14.9 Å². The van der Waals surface area contributed by atoms with E-state index in [2.05, 4.69) is 10.3 Å². The molecule has 0 aliphatic carbocycles. The molecule has 0 bridgehead atoms. The van der Waals surface area contributed by atoms with Crippen LogP contribution in [-0.2, 0) is 0 Å². The number of ether oxygens (including phenoxy) is 1. The number of aromatic nitrogens is 1. The first-order valence-corrected chi connectivity index (χ1v) is 9.06. The van der Waals surface area contributed by atoms with Crippen molar-refractivity contribution in [2.75, 3.05) is 12.4 Å². The molecule has 0 fully saturated rings. The number of carbonyl (C=O) groups is 1. The van der Waals surface area contributed by atoms with Crippen molar-refractivity contribution in [2.45, 2.75) is 6.92 Å². The molecule has 1 amide bonds. The first-order valence-electron chi connectivity index (χ1n) is 9.06. The number of nitrogens with zero attached hydrogens (tertiary/aromatic N) is 2. The second-order valence-electron chi connectivity index (χ2n) is 6.67. The highest BCUT2D eigenvalue weighted by molar-refractivity contribution is 6.05. The number of nitro benzene ring substituents is 1. The number of carbonyl (C=O) groups excluding carboxylic acids is 1. The van der Waals surface area contributed by atoms with E-state index in [4.69, 9.17) is 9.15 Å². The lowest BCUT2D eigenvalue weighted by Gasteiger charge is -2.07. The Morgan fingerprint density at radius 2 is 1.97 bits per heavy atom. The average molecular weight is 403 g/mol. The second-order valence-corrected chi connectivity index (χ2v) is 6.67. The van der Waals surface area contributed by atoms with Crippen molar-refractivity contribution < 1.29 is 18.9 Å². The maximum Gasteiger partial charge on any atom is 0.311 e.